The molecular weight excluding hydrogens is 346 g/mol. The van der Waals surface area contributed by atoms with E-state index in [1.807, 2.05) is 23.1 Å². The predicted molar refractivity (Wildman–Crippen MR) is 101 cm³/mol. The first-order valence-electron chi connectivity index (χ1n) is 9.99. The van der Waals surface area contributed by atoms with E-state index in [0.717, 1.165) is 52.1 Å². The fraction of sp³-hybridized carbons (Fsp3) is 0.571. The van der Waals surface area contributed by atoms with Crippen molar-refractivity contribution in [2.45, 2.75) is 38.8 Å². The highest BCUT2D eigenvalue weighted by atomic mass is 19.2. The van der Waals surface area contributed by atoms with Crippen LogP contribution in [-0.4, -0.2) is 52.3 Å². The lowest BCUT2D eigenvalue weighted by Gasteiger charge is -2.40. The number of nitrogens with zero attached hydrogens (tertiary/aromatic N) is 4. The molecule has 3 heterocycles. The summed E-state index contributed by atoms with van der Waals surface area (Å²) in [6.07, 6.45) is 8.52. The molecule has 0 radical (unpaired) electrons. The van der Waals surface area contributed by atoms with E-state index < -0.39 is 11.6 Å². The highest BCUT2D eigenvalue weighted by Crippen LogP contribution is 2.39. The largest absolute Gasteiger partial charge is 0.303 e. The fourth-order valence-corrected chi connectivity index (χ4v) is 4.80. The Labute approximate surface area is 159 Å². The van der Waals surface area contributed by atoms with Crippen LogP contribution in [0.15, 0.2) is 36.7 Å². The summed E-state index contributed by atoms with van der Waals surface area (Å²) >= 11 is 0. The Kier molecular flexibility index (Phi) is 5.55. The van der Waals surface area contributed by atoms with Crippen LogP contribution < -0.4 is 0 Å². The molecule has 0 amide bonds. The molecule has 1 unspecified atom stereocenters. The van der Waals surface area contributed by atoms with Crippen LogP contribution in [0.5, 0.6) is 0 Å². The number of benzene rings is 1. The third kappa shape index (κ3) is 4.38. The van der Waals surface area contributed by atoms with Crippen molar-refractivity contribution in [1.29, 1.82) is 0 Å². The molecule has 0 saturated carbocycles. The molecule has 1 atom stereocenters. The lowest BCUT2D eigenvalue weighted by molar-refractivity contribution is 0.0861. The normalized spacial score (nSPS) is 24.1. The molecule has 0 N–H and O–H groups in total. The first-order valence-corrected chi connectivity index (χ1v) is 9.99. The minimum absolute atomic E-state index is 0.313. The number of likely N-dealkylation sites (tertiary alicyclic amines) is 2. The minimum Gasteiger partial charge on any atom is -0.303 e. The molecule has 2 aliphatic heterocycles. The van der Waals surface area contributed by atoms with Crippen LogP contribution in [0.3, 0.4) is 0 Å². The van der Waals surface area contributed by atoms with Gasteiger partial charge in [-0.25, -0.2) is 8.78 Å². The molecule has 1 aromatic carbocycles. The maximum absolute atomic E-state index is 14.0. The molecule has 1 spiro atoms. The van der Waals surface area contributed by atoms with Crippen LogP contribution in [0.1, 0.15) is 31.2 Å². The van der Waals surface area contributed by atoms with Crippen LogP contribution in [-0.2, 0) is 13.1 Å². The van der Waals surface area contributed by atoms with E-state index in [-0.39, 0.29) is 0 Å². The molecule has 27 heavy (non-hydrogen) atoms. The van der Waals surface area contributed by atoms with Crippen molar-refractivity contribution in [1.82, 2.24) is 19.6 Å². The minimum atomic E-state index is -0.747. The molecule has 0 bridgehead atoms. The number of hydrogen-bond acceptors (Lipinski definition) is 3. The van der Waals surface area contributed by atoms with Gasteiger partial charge >= 0.3 is 0 Å². The smallest absolute Gasteiger partial charge is 0.163 e. The molecule has 2 aliphatic rings. The Morgan fingerprint density at radius 3 is 2.74 bits per heavy atom. The van der Waals surface area contributed by atoms with Gasteiger partial charge < -0.3 is 4.90 Å². The van der Waals surface area contributed by atoms with Crippen LogP contribution >= 0.6 is 0 Å². The van der Waals surface area contributed by atoms with Gasteiger partial charge in [0.25, 0.3) is 0 Å². The molecule has 6 heteroatoms. The molecule has 146 valence electrons. The third-order valence-electron chi connectivity index (χ3n) is 6.10. The van der Waals surface area contributed by atoms with E-state index in [2.05, 4.69) is 14.9 Å². The van der Waals surface area contributed by atoms with Crippen molar-refractivity contribution < 1.29 is 8.78 Å². The fourth-order valence-electron chi connectivity index (χ4n) is 4.80. The second kappa shape index (κ2) is 8.07. The number of halogens is 2. The molecular formula is C21H28F2N4. The molecule has 4 rings (SSSR count). The highest BCUT2D eigenvalue weighted by molar-refractivity contribution is 5.19. The maximum Gasteiger partial charge on any atom is 0.163 e. The molecule has 0 aliphatic carbocycles. The number of hydrogen-bond donors (Lipinski definition) is 0. The van der Waals surface area contributed by atoms with Crippen LogP contribution in [0, 0.1) is 17.0 Å². The van der Waals surface area contributed by atoms with Gasteiger partial charge in [-0.1, -0.05) is 12.1 Å². The second-order valence-electron chi connectivity index (χ2n) is 8.18. The average Bonchev–Trinajstić information content (AvgIpc) is 3.30. The summed E-state index contributed by atoms with van der Waals surface area (Å²) < 4.78 is 29.5. The zero-order chi connectivity index (χ0) is 18.7. The van der Waals surface area contributed by atoms with Crippen molar-refractivity contribution in [2.24, 2.45) is 5.41 Å². The Morgan fingerprint density at radius 2 is 1.89 bits per heavy atom. The monoisotopic (exact) mass is 374 g/mol. The van der Waals surface area contributed by atoms with Crippen LogP contribution in [0.25, 0.3) is 0 Å². The first kappa shape index (κ1) is 18.6. The van der Waals surface area contributed by atoms with E-state index in [9.17, 15) is 8.78 Å². The number of aryl methyl sites for hydroxylation is 1. The zero-order valence-corrected chi connectivity index (χ0v) is 15.8. The molecule has 2 saturated heterocycles. The van der Waals surface area contributed by atoms with Crippen molar-refractivity contribution in [2.75, 3.05) is 32.7 Å². The highest BCUT2D eigenvalue weighted by Gasteiger charge is 2.41. The van der Waals surface area contributed by atoms with Gasteiger partial charge in [-0.2, -0.15) is 5.10 Å². The summed E-state index contributed by atoms with van der Waals surface area (Å²) in [6.45, 7) is 6.78. The van der Waals surface area contributed by atoms with Gasteiger partial charge in [-0.05, 0) is 62.9 Å². The van der Waals surface area contributed by atoms with Crippen molar-refractivity contribution in [3.05, 3.63) is 53.9 Å². The SMILES string of the molecule is Fc1cccc(CN2CCCC3(CCN(CCCn4cccn4)C3)C2)c1F. The standard InChI is InChI=1S/C21H28F2N4/c22-19-6-1-5-18(20(19)23)15-26-10-2-7-21(17-26)8-14-25(16-21)11-4-13-27-12-3-9-24-27/h1,3,5-6,9,12H,2,4,7-8,10-11,13-17H2. The van der Waals surface area contributed by atoms with Crippen molar-refractivity contribution >= 4 is 0 Å². The Hall–Kier alpha value is -1.79. The molecule has 2 fully saturated rings. The van der Waals surface area contributed by atoms with Crippen LogP contribution in [0.4, 0.5) is 8.78 Å². The maximum atomic E-state index is 14.0. The third-order valence-corrected chi connectivity index (χ3v) is 6.10. The summed E-state index contributed by atoms with van der Waals surface area (Å²) in [6, 6.07) is 6.46. The Balaban J connectivity index is 1.30. The van der Waals surface area contributed by atoms with E-state index >= 15 is 0 Å². The van der Waals surface area contributed by atoms with Crippen LogP contribution in [0.2, 0.25) is 0 Å². The van der Waals surface area contributed by atoms with E-state index in [0.29, 0.717) is 17.5 Å². The second-order valence-corrected chi connectivity index (χ2v) is 8.18. The van der Waals surface area contributed by atoms with Gasteiger partial charge in [0, 0.05) is 44.1 Å². The summed E-state index contributed by atoms with van der Waals surface area (Å²) in [5.74, 6) is -1.44. The van der Waals surface area contributed by atoms with Crippen molar-refractivity contribution in [3.63, 3.8) is 0 Å². The summed E-state index contributed by atoms with van der Waals surface area (Å²) in [5.41, 5.74) is 0.787. The first-order chi connectivity index (χ1) is 13.1. The number of aromatic nitrogens is 2. The Morgan fingerprint density at radius 1 is 1.00 bits per heavy atom. The quantitative estimate of drug-likeness (QED) is 0.773. The Bertz CT molecular complexity index is 749. The van der Waals surface area contributed by atoms with Gasteiger partial charge in [0.2, 0.25) is 0 Å². The molecule has 1 aromatic heterocycles. The summed E-state index contributed by atoms with van der Waals surface area (Å²) in [7, 11) is 0. The predicted octanol–water partition coefficient (Wildman–Crippen LogP) is 3.54. The topological polar surface area (TPSA) is 24.3 Å². The van der Waals surface area contributed by atoms with Gasteiger partial charge in [0.1, 0.15) is 0 Å². The number of rotatable bonds is 6. The lowest BCUT2D eigenvalue weighted by atomic mass is 9.79. The average molecular weight is 374 g/mol. The molecule has 2 aromatic rings. The number of piperidine rings is 1. The summed E-state index contributed by atoms with van der Waals surface area (Å²) in [4.78, 5) is 4.88. The lowest BCUT2D eigenvalue weighted by Crippen LogP contribution is -2.44. The summed E-state index contributed by atoms with van der Waals surface area (Å²) in [5, 5.41) is 4.26. The zero-order valence-electron chi connectivity index (χ0n) is 15.8. The van der Waals surface area contributed by atoms with Gasteiger partial charge in [-0.15, -0.1) is 0 Å². The van der Waals surface area contributed by atoms with Gasteiger partial charge in [0.05, 0.1) is 0 Å². The molecule has 4 nitrogen and oxygen atoms in total. The van der Waals surface area contributed by atoms with E-state index in [1.165, 1.54) is 18.9 Å². The van der Waals surface area contributed by atoms with Crippen molar-refractivity contribution in [3.8, 4) is 0 Å². The van der Waals surface area contributed by atoms with E-state index in [4.69, 9.17) is 0 Å². The van der Waals surface area contributed by atoms with Gasteiger partial charge in [0.15, 0.2) is 11.6 Å². The van der Waals surface area contributed by atoms with E-state index in [1.54, 1.807) is 12.1 Å². The van der Waals surface area contributed by atoms with Gasteiger partial charge in [-0.3, -0.25) is 9.58 Å².